The number of ether oxygens (including phenoxy) is 1. The summed E-state index contributed by atoms with van der Waals surface area (Å²) in [5, 5.41) is 3.38. The van der Waals surface area contributed by atoms with Crippen LogP contribution in [0.25, 0.3) is 0 Å². The Labute approximate surface area is 153 Å². The van der Waals surface area contributed by atoms with Gasteiger partial charge in [0.1, 0.15) is 5.15 Å². The van der Waals surface area contributed by atoms with E-state index < -0.39 is 18.0 Å². The minimum Gasteiger partial charge on any atom is -0.449 e. The molecule has 0 aliphatic heterocycles. The second-order valence-corrected chi connectivity index (χ2v) is 6.02. The fourth-order valence-electron chi connectivity index (χ4n) is 1.90. The number of nitrogens with one attached hydrogen (secondary N) is 1. The number of pyridine rings is 1. The number of carbonyl (C=O) groups is 2. The summed E-state index contributed by atoms with van der Waals surface area (Å²) in [5.41, 5.74) is 0.502. The Hall–Kier alpha value is -1.82. The standard InChI is InChI=1S/C16H13Cl3N2O3/c1-2-13(24-16(23)12-4-3-5-20-14(12)19)15(22)21-11-7-9(17)6-10(18)8-11/h3-8,13H,2H2,1H3,(H,21,22). The molecule has 5 nitrogen and oxygen atoms in total. The second kappa shape index (κ2) is 8.33. The average Bonchev–Trinajstić information content (AvgIpc) is 2.51. The summed E-state index contributed by atoms with van der Waals surface area (Å²) < 4.78 is 5.22. The van der Waals surface area contributed by atoms with Gasteiger partial charge in [-0.1, -0.05) is 41.7 Å². The Morgan fingerprint density at radius 3 is 2.46 bits per heavy atom. The van der Waals surface area contributed by atoms with Crippen molar-refractivity contribution < 1.29 is 14.3 Å². The molecule has 1 amide bonds. The first-order valence-corrected chi connectivity index (χ1v) is 8.12. The van der Waals surface area contributed by atoms with Crippen molar-refractivity contribution in [3.05, 3.63) is 57.3 Å². The normalized spacial score (nSPS) is 11.7. The molecular formula is C16H13Cl3N2O3. The third-order valence-electron chi connectivity index (χ3n) is 3.02. The van der Waals surface area contributed by atoms with Crippen LogP contribution in [0.4, 0.5) is 5.69 Å². The van der Waals surface area contributed by atoms with E-state index in [1.165, 1.54) is 24.4 Å². The number of rotatable bonds is 5. The Morgan fingerprint density at radius 2 is 1.88 bits per heavy atom. The third kappa shape index (κ3) is 4.84. The van der Waals surface area contributed by atoms with Crippen LogP contribution in [0.3, 0.4) is 0 Å². The van der Waals surface area contributed by atoms with Crippen molar-refractivity contribution >= 4 is 52.4 Å². The van der Waals surface area contributed by atoms with Gasteiger partial charge in [-0.15, -0.1) is 0 Å². The predicted octanol–water partition coefficient (Wildman–Crippen LogP) is 4.62. The van der Waals surface area contributed by atoms with Gasteiger partial charge in [0.25, 0.3) is 5.91 Å². The highest BCUT2D eigenvalue weighted by molar-refractivity contribution is 6.35. The topological polar surface area (TPSA) is 68.3 Å². The van der Waals surface area contributed by atoms with Gasteiger partial charge in [-0.05, 0) is 36.8 Å². The lowest BCUT2D eigenvalue weighted by Gasteiger charge is -2.16. The molecule has 1 aromatic heterocycles. The highest BCUT2D eigenvalue weighted by Gasteiger charge is 2.23. The van der Waals surface area contributed by atoms with Crippen molar-refractivity contribution in [2.75, 3.05) is 5.32 Å². The maximum absolute atomic E-state index is 12.3. The van der Waals surface area contributed by atoms with Gasteiger partial charge >= 0.3 is 5.97 Å². The summed E-state index contributed by atoms with van der Waals surface area (Å²) in [6.45, 7) is 1.72. The van der Waals surface area contributed by atoms with Gasteiger partial charge in [-0.2, -0.15) is 0 Å². The van der Waals surface area contributed by atoms with E-state index in [4.69, 9.17) is 39.5 Å². The van der Waals surface area contributed by atoms with E-state index in [2.05, 4.69) is 10.3 Å². The molecule has 0 saturated heterocycles. The van der Waals surface area contributed by atoms with Crippen LogP contribution in [0.1, 0.15) is 23.7 Å². The first-order chi connectivity index (χ1) is 11.4. The summed E-state index contributed by atoms with van der Waals surface area (Å²) in [5.74, 6) is -1.22. The van der Waals surface area contributed by atoms with Gasteiger partial charge < -0.3 is 10.1 Å². The largest absolute Gasteiger partial charge is 0.449 e. The molecule has 0 fully saturated rings. The van der Waals surface area contributed by atoms with Crippen molar-refractivity contribution in [3.8, 4) is 0 Å². The number of aromatic nitrogens is 1. The van der Waals surface area contributed by atoms with E-state index >= 15 is 0 Å². The fraction of sp³-hybridized carbons (Fsp3) is 0.188. The van der Waals surface area contributed by atoms with Gasteiger partial charge in [0.05, 0.1) is 5.56 Å². The van der Waals surface area contributed by atoms with Crippen LogP contribution in [0, 0.1) is 0 Å². The van der Waals surface area contributed by atoms with Crippen LogP contribution < -0.4 is 5.32 Å². The molecule has 0 spiro atoms. The maximum Gasteiger partial charge on any atom is 0.342 e. The van der Waals surface area contributed by atoms with E-state index in [9.17, 15) is 9.59 Å². The molecule has 8 heteroatoms. The van der Waals surface area contributed by atoms with E-state index in [1.807, 2.05) is 0 Å². The first kappa shape index (κ1) is 18.5. The Kier molecular flexibility index (Phi) is 6.43. The zero-order chi connectivity index (χ0) is 17.7. The van der Waals surface area contributed by atoms with Crippen LogP contribution in [-0.4, -0.2) is 23.0 Å². The number of carbonyl (C=O) groups excluding carboxylic acids is 2. The Morgan fingerprint density at radius 1 is 1.21 bits per heavy atom. The molecule has 2 aromatic rings. The highest BCUT2D eigenvalue weighted by atomic mass is 35.5. The van der Waals surface area contributed by atoms with E-state index in [0.29, 0.717) is 15.7 Å². The smallest absolute Gasteiger partial charge is 0.342 e. The zero-order valence-corrected chi connectivity index (χ0v) is 14.8. The lowest BCUT2D eigenvalue weighted by Crippen LogP contribution is -2.32. The number of halogens is 3. The summed E-state index contributed by atoms with van der Waals surface area (Å²) in [7, 11) is 0. The van der Waals surface area contributed by atoms with Crippen LogP contribution in [0.2, 0.25) is 15.2 Å². The molecule has 0 aliphatic carbocycles. The quantitative estimate of drug-likeness (QED) is 0.600. The molecule has 1 aromatic carbocycles. The van der Waals surface area contributed by atoms with E-state index in [0.717, 1.165) is 0 Å². The van der Waals surface area contributed by atoms with Crippen LogP contribution in [0.5, 0.6) is 0 Å². The zero-order valence-electron chi connectivity index (χ0n) is 12.6. The van der Waals surface area contributed by atoms with Gasteiger partial charge in [0.2, 0.25) is 0 Å². The van der Waals surface area contributed by atoms with Crippen molar-refractivity contribution in [3.63, 3.8) is 0 Å². The molecule has 1 atom stereocenters. The maximum atomic E-state index is 12.3. The SMILES string of the molecule is CCC(OC(=O)c1cccnc1Cl)C(=O)Nc1cc(Cl)cc(Cl)c1. The van der Waals surface area contributed by atoms with Crippen LogP contribution in [-0.2, 0) is 9.53 Å². The number of amides is 1. The number of hydrogen-bond donors (Lipinski definition) is 1. The minimum absolute atomic E-state index is 0.0133. The monoisotopic (exact) mass is 386 g/mol. The highest BCUT2D eigenvalue weighted by Crippen LogP contribution is 2.23. The third-order valence-corrected chi connectivity index (χ3v) is 3.76. The molecule has 0 aliphatic rings. The Bertz CT molecular complexity index is 748. The molecule has 1 N–H and O–H groups in total. The molecule has 0 saturated carbocycles. The fourth-order valence-corrected chi connectivity index (χ4v) is 2.62. The molecular weight excluding hydrogens is 375 g/mol. The second-order valence-electron chi connectivity index (χ2n) is 4.79. The van der Waals surface area contributed by atoms with Crippen molar-refractivity contribution in [1.82, 2.24) is 4.98 Å². The lowest BCUT2D eigenvalue weighted by molar-refractivity contribution is -0.124. The summed E-state index contributed by atoms with van der Waals surface area (Å²) in [6.07, 6.45) is 0.738. The first-order valence-electron chi connectivity index (χ1n) is 6.99. The van der Waals surface area contributed by atoms with E-state index in [-0.39, 0.29) is 17.1 Å². The van der Waals surface area contributed by atoms with Crippen LogP contribution in [0.15, 0.2) is 36.5 Å². The molecule has 2 rings (SSSR count). The molecule has 24 heavy (non-hydrogen) atoms. The number of hydrogen-bond acceptors (Lipinski definition) is 4. The Balaban J connectivity index is 2.09. The molecule has 0 bridgehead atoms. The van der Waals surface area contributed by atoms with Crippen molar-refractivity contribution in [1.29, 1.82) is 0 Å². The molecule has 1 heterocycles. The molecule has 126 valence electrons. The van der Waals surface area contributed by atoms with Crippen molar-refractivity contribution in [2.45, 2.75) is 19.4 Å². The number of nitrogens with zero attached hydrogens (tertiary/aromatic N) is 1. The predicted molar refractivity (Wildman–Crippen MR) is 93.8 cm³/mol. The van der Waals surface area contributed by atoms with Crippen molar-refractivity contribution in [2.24, 2.45) is 0 Å². The summed E-state index contributed by atoms with van der Waals surface area (Å²) in [6, 6.07) is 7.65. The lowest BCUT2D eigenvalue weighted by atomic mass is 10.2. The molecule has 0 radical (unpaired) electrons. The average molecular weight is 388 g/mol. The molecule has 1 unspecified atom stereocenters. The van der Waals surface area contributed by atoms with Gasteiger partial charge in [0.15, 0.2) is 6.10 Å². The number of esters is 1. The van der Waals surface area contributed by atoms with Gasteiger partial charge in [0, 0.05) is 21.9 Å². The van der Waals surface area contributed by atoms with Crippen LogP contribution >= 0.6 is 34.8 Å². The number of anilines is 1. The van der Waals surface area contributed by atoms with Gasteiger partial charge in [-0.3, -0.25) is 4.79 Å². The van der Waals surface area contributed by atoms with E-state index in [1.54, 1.807) is 19.1 Å². The number of benzene rings is 1. The minimum atomic E-state index is -0.994. The summed E-state index contributed by atoms with van der Waals surface area (Å²) >= 11 is 17.6. The summed E-state index contributed by atoms with van der Waals surface area (Å²) in [4.78, 5) is 28.2. The van der Waals surface area contributed by atoms with Gasteiger partial charge in [-0.25, -0.2) is 9.78 Å².